The Bertz CT molecular complexity index is 1900. The van der Waals surface area contributed by atoms with E-state index in [1.807, 2.05) is 26.0 Å². The van der Waals surface area contributed by atoms with Gasteiger partial charge in [-0.1, -0.05) is 6.07 Å². The fraction of sp³-hybridized carbons (Fsp3) is 0.452. The fourth-order valence-electron chi connectivity index (χ4n) is 6.39. The van der Waals surface area contributed by atoms with E-state index in [0.717, 1.165) is 17.5 Å². The normalized spacial score (nSPS) is 21.8. The van der Waals surface area contributed by atoms with E-state index in [2.05, 4.69) is 36.0 Å². The van der Waals surface area contributed by atoms with Crippen molar-refractivity contribution in [1.82, 2.24) is 50.0 Å². The van der Waals surface area contributed by atoms with Crippen molar-refractivity contribution >= 4 is 28.6 Å². The van der Waals surface area contributed by atoms with E-state index >= 15 is 0 Å². The predicted octanol–water partition coefficient (Wildman–Crippen LogP) is 5.21. The summed E-state index contributed by atoms with van der Waals surface area (Å²) in [6.07, 6.45) is 6.95. The first-order valence-electron chi connectivity index (χ1n) is 15.5. The van der Waals surface area contributed by atoms with Gasteiger partial charge in [-0.2, -0.15) is 15.3 Å². The number of carbonyl (C=O) groups is 1. The largest absolute Gasteiger partial charge is 0.368 e. The van der Waals surface area contributed by atoms with Gasteiger partial charge in [-0.15, -0.1) is 0 Å². The average molecular weight is 650 g/mol. The Hall–Kier alpha value is -4.86. The standard InChI is InChI=1S/C31H34F3N11O2/c1-17-10-24(43-42-17)39-27-23-15-37-45(22-11-31(33,34)12-22)28(23)41-26(40-27)19-6-8-30(47-3,9-7-19)29(46)38-18(2)20-4-5-25(35-13-20)44-16-21(32)14-36-44/h4-5,10,13-16,18-19,22H,6-9,11-12H2,1-3H3,(H,38,46)(H2,39,40,41,42,43)/t18-,19-,30+/m0/s1. The molecule has 0 aliphatic heterocycles. The summed E-state index contributed by atoms with van der Waals surface area (Å²) in [5.74, 6) is -1.47. The zero-order valence-electron chi connectivity index (χ0n) is 26.0. The van der Waals surface area contributed by atoms with Crippen molar-refractivity contribution in [2.75, 3.05) is 12.4 Å². The number of amides is 1. The summed E-state index contributed by atoms with van der Waals surface area (Å²) in [5.41, 5.74) is 1.06. The molecule has 2 fully saturated rings. The molecular formula is C31H34F3N11O2. The average Bonchev–Trinajstić information content (AvgIpc) is 3.79. The van der Waals surface area contributed by atoms with Gasteiger partial charge < -0.3 is 15.4 Å². The van der Waals surface area contributed by atoms with Gasteiger partial charge in [0.1, 0.15) is 17.2 Å². The van der Waals surface area contributed by atoms with Crippen LogP contribution < -0.4 is 10.6 Å². The van der Waals surface area contributed by atoms with E-state index in [9.17, 15) is 18.0 Å². The van der Waals surface area contributed by atoms with Gasteiger partial charge in [0.05, 0.1) is 36.1 Å². The monoisotopic (exact) mass is 649 g/mol. The quantitative estimate of drug-likeness (QED) is 0.195. The lowest BCUT2D eigenvalue weighted by Gasteiger charge is -2.38. The number of aromatic nitrogens is 9. The van der Waals surface area contributed by atoms with E-state index in [1.54, 1.807) is 23.1 Å². The molecule has 5 aromatic rings. The van der Waals surface area contributed by atoms with Crippen molar-refractivity contribution in [2.45, 2.75) is 81.9 Å². The number of methoxy groups -OCH3 is 1. The first kappa shape index (κ1) is 30.8. The Morgan fingerprint density at radius 2 is 1.91 bits per heavy atom. The van der Waals surface area contributed by atoms with Crippen molar-refractivity contribution in [3.8, 4) is 5.82 Å². The Morgan fingerprint density at radius 1 is 1.13 bits per heavy atom. The number of hydrogen-bond acceptors (Lipinski definition) is 9. The van der Waals surface area contributed by atoms with Gasteiger partial charge in [0, 0.05) is 43.8 Å². The molecule has 1 amide bonds. The molecule has 5 heterocycles. The van der Waals surface area contributed by atoms with Crippen LogP contribution in [0.4, 0.5) is 24.8 Å². The van der Waals surface area contributed by atoms with Crippen molar-refractivity contribution in [3.63, 3.8) is 0 Å². The third-order valence-corrected chi connectivity index (χ3v) is 9.21. The number of nitrogens with zero attached hydrogens (tertiary/aromatic N) is 8. The maximum atomic E-state index is 13.8. The zero-order valence-corrected chi connectivity index (χ0v) is 26.0. The first-order chi connectivity index (χ1) is 22.5. The molecule has 47 heavy (non-hydrogen) atoms. The SMILES string of the molecule is CO[C@]1(C(=O)N[C@@H](C)c2ccc(-n3cc(F)cn3)nc2)CC[C@H](c2nc(Nc3cc(C)[nH]n3)c3cnn(C4CC(F)(F)C4)c3n2)CC1. The van der Waals surface area contributed by atoms with Crippen molar-refractivity contribution in [1.29, 1.82) is 0 Å². The smallest absolute Gasteiger partial charge is 0.252 e. The third-order valence-electron chi connectivity index (χ3n) is 9.21. The lowest BCUT2D eigenvalue weighted by molar-refractivity contribution is -0.148. The highest BCUT2D eigenvalue weighted by atomic mass is 19.3. The molecule has 0 unspecified atom stereocenters. The molecule has 0 saturated heterocycles. The number of rotatable bonds is 9. The number of anilines is 2. The highest BCUT2D eigenvalue weighted by molar-refractivity contribution is 5.88. The van der Waals surface area contributed by atoms with Crippen molar-refractivity contribution < 1.29 is 22.7 Å². The van der Waals surface area contributed by atoms with Crippen LogP contribution in [0.3, 0.4) is 0 Å². The third kappa shape index (κ3) is 5.92. The van der Waals surface area contributed by atoms with Gasteiger partial charge >= 0.3 is 0 Å². The molecule has 3 N–H and O–H groups in total. The van der Waals surface area contributed by atoms with Crippen LogP contribution in [0.15, 0.2) is 43.0 Å². The number of alkyl halides is 2. The Morgan fingerprint density at radius 3 is 2.53 bits per heavy atom. The van der Waals surface area contributed by atoms with Crippen molar-refractivity contribution in [3.05, 3.63) is 65.9 Å². The van der Waals surface area contributed by atoms with Crippen molar-refractivity contribution in [2.24, 2.45) is 0 Å². The second kappa shape index (κ2) is 11.7. The molecular weight excluding hydrogens is 615 g/mol. The number of hydrogen-bond donors (Lipinski definition) is 3. The number of aryl methyl sites for hydroxylation is 1. The molecule has 16 heteroatoms. The summed E-state index contributed by atoms with van der Waals surface area (Å²) in [4.78, 5) is 27.7. The number of aromatic amines is 1. The number of fused-ring (bicyclic) bond motifs is 1. The summed E-state index contributed by atoms with van der Waals surface area (Å²) in [6, 6.07) is 4.53. The van der Waals surface area contributed by atoms with Crippen LogP contribution in [0.25, 0.3) is 16.9 Å². The maximum absolute atomic E-state index is 13.8. The molecule has 5 aromatic heterocycles. The summed E-state index contributed by atoms with van der Waals surface area (Å²) in [7, 11) is 1.54. The van der Waals surface area contributed by atoms with Crippen LogP contribution in [0.5, 0.6) is 0 Å². The van der Waals surface area contributed by atoms with Gasteiger partial charge in [0.2, 0.25) is 0 Å². The molecule has 0 spiro atoms. The Balaban J connectivity index is 1.08. The predicted molar refractivity (Wildman–Crippen MR) is 164 cm³/mol. The Labute approximate surface area is 267 Å². The van der Waals surface area contributed by atoms with E-state index < -0.39 is 23.4 Å². The summed E-state index contributed by atoms with van der Waals surface area (Å²) in [5, 5.41) is 22.4. The number of carbonyl (C=O) groups excluding carboxylic acids is 1. The number of halogens is 3. The van der Waals surface area contributed by atoms with Gasteiger partial charge in [-0.05, 0) is 51.2 Å². The second-order valence-corrected chi connectivity index (χ2v) is 12.5. The molecule has 2 aliphatic rings. The van der Waals surface area contributed by atoms with E-state index in [0.29, 0.717) is 60.0 Å². The lowest BCUT2D eigenvalue weighted by Crippen LogP contribution is -2.50. The Kier molecular flexibility index (Phi) is 7.69. The van der Waals surface area contributed by atoms with E-state index in [4.69, 9.17) is 14.7 Å². The molecule has 2 aliphatic carbocycles. The van der Waals surface area contributed by atoms with Crippen LogP contribution >= 0.6 is 0 Å². The minimum atomic E-state index is -2.71. The minimum Gasteiger partial charge on any atom is -0.368 e. The van der Waals surface area contributed by atoms with Crippen LogP contribution in [0.1, 0.15) is 80.5 Å². The molecule has 0 radical (unpaired) electrons. The number of nitrogens with one attached hydrogen (secondary N) is 3. The molecule has 1 atom stereocenters. The molecule has 7 rings (SSSR count). The molecule has 2 saturated carbocycles. The lowest BCUT2D eigenvalue weighted by atomic mass is 9.77. The number of ether oxygens (including phenoxy) is 1. The minimum absolute atomic E-state index is 0.107. The van der Waals surface area contributed by atoms with E-state index in [1.165, 1.54) is 18.0 Å². The highest BCUT2D eigenvalue weighted by Crippen LogP contribution is 2.47. The van der Waals surface area contributed by atoms with Gasteiger partial charge in [0.25, 0.3) is 11.8 Å². The topological polar surface area (TPSA) is 153 Å². The van der Waals surface area contributed by atoms with Crippen LogP contribution in [-0.4, -0.2) is 69.3 Å². The van der Waals surface area contributed by atoms with Crippen LogP contribution in [-0.2, 0) is 9.53 Å². The second-order valence-electron chi connectivity index (χ2n) is 12.5. The molecule has 0 bridgehead atoms. The molecule has 13 nitrogen and oxygen atoms in total. The highest BCUT2D eigenvalue weighted by Gasteiger charge is 2.48. The van der Waals surface area contributed by atoms with E-state index in [-0.39, 0.29) is 30.7 Å². The first-order valence-corrected chi connectivity index (χ1v) is 15.5. The number of pyridine rings is 1. The fourth-order valence-corrected chi connectivity index (χ4v) is 6.39. The van der Waals surface area contributed by atoms with Gasteiger partial charge in [0.15, 0.2) is 23.1 Å². The molecule has 246 valence electrons. The maximum Gasteiger partial charge on any atom is 0.252 e. The van der Waals surface area contributed by atoms with Gasteiger partial charge in [-0.25, -0.2) is 37.5 Å². The van der Waals surface area contributed by atoms with Crippen LogP contribution in [0, 0.1) is 12.7 Å². The van der Waals surface area contributed by atoms with Gasteiger partial charge in [-0.3, -0.25) is 9.89 Å². The summed E-state index contributed by atoms with van der Waals surface area (Å²) >= 11 is 0. The van der Waals surface area contributed by atoms with Crippen LogP contribution in [0.2, 0.25) is 0 Å². The summed E-state index contributed by atoms with van der Waals surface area (Å²) in [6.45, 7) is 3.74. The number of H-pyrrole nitrogens is 1. The summed E-state index contributed by atoms with van der Waals surface area (Å²) < 4.78 is 49.7. The molecule has 0 aromatic carbocycles. The zero-order chi connectivity index (χ0) is 32.9.